The fourth-order valence-electron chi connectivity index (χ4n) is 1.84. The van der Waals surface area contributed by atoms with Crippen LogP contribution in [0, 0.1) is 11.7 Å². The Labute approximate surface area is 119 Å². The van der Waals surface area contributed by atoms with Gasteiger partial charge in [-0.1, -0.05) is 19.1 Å². The fraction of sp³-hybridized carbons (Fsp3) is 0.533. The summed E-state index contributed by atoms with van der Waals surface area (Å²) in [6.45, 7) is 5.60. The quantitative estimate of drug-likeness (QED) is 0.748. The molecule has 0 saturated heterocycles. The molecule has 0 heterocycles. The van der Waals surface area contributed by atoms with E-state index in [2.05, 4.69) is 10.6 Å². The summed E-state index contributed by atoms with van der Waals surface area (Å²) in [4.78, 5) is 11.8. The smallest absolute Gasteiger partial charge is 0.315 e. The third-order valence-electron chi connectivity index (χ3n) is 3.31. The molecule has 20 heavy (non-hydrogen) atoms. The molecule has 0 bridgehead atoms. The third-order valence-corrected chi connectivity index (χ3v) is 3.31. The lowest BCUT2D eigenvalue weighted by Crippen LogP contribution is -2.47. The number of rotatable bonds is 6. The van der Waals surface area contributed by atoms with Crippen molar-refractivity contribution in [3.05, 3.63) is 35.6 Å². The number of carbonyl (C=O) groups is 1. The summed E-state index contributed by atoms with van der Waals surface area (Å²) in [6, 6.07) is 5.85. The molecule has 1 rings (SSSR count). The minimum Gasteiger partial charge on any atom is -0.396 e. The lowest BCUT2D eigenvalue weighted by molar-refractivity contribution is 0.199. The van der Waals surface area contributed by atoms with Gasteiger partial charge in [-0.15, -0.1) is 0 Å². The molecule has 3 N–H and O–H groups in total. The largest absolute Gasteiger partial charge is 0.396 e. The molecule has 112 valence electrons. The van der Waals surface area contributed by atoms with Gasteiger partial charge < -0.3 is 15.7 Å². The van der Waals surface area contributed by atoms with Gasteiger partial charge in [0, 0.05) is 18.7 Å². The van der Waals surface area contributed by atoms with E-state index >= 15 is 0 Å². The molecule has 0 fully saturated rings. The highest BCUT2D eigenvalue weighted by atomic mass is 19.1. The normalized spacial score (nSPS) is 15.2. The van der Waals surface area contributed by atoms with Crippen LogP contribution in [0.3, 0.4) is 0 Å². The van der Waals surface area contributed by atoms with Crippen LogP contribution in [0.4, 0.5) is 9.18 Å². The van der Waals surface area contributed by atoms with Crippen LogP contribution in [0.1, 0.15) is 26.3 Å². The minimum atomic E-state index is -0.276. The standard InChI is InChI=1S/C15H23FN2O2/c1-10(9-19)12(3)18-15(20)17-11(2)7-13-5-4-6-14(16)8-13/h4-6,8,10-12,19H,7,9H2,1-3H3,(H2,17,18,20). The van der Waals surface area contributed by atoms with Crippen LogP contribution < -0.4 is 10.6 Å². The number of nitrogens with one attached hydrogen (secondary N) is 2. The van der Waals surface area contributed by atoms with Crippen molar-refractivity contribution in [3.63, 3.8) is 0 Å². The molecule has 4 nitrogen and oxygen atoms in total. The number of aliphatic hydroxyl groups excluding tert-OH is 1. The van der Waals surface area contributed by atoms with E-state index in [4.69, 9.17) is 5.11 Å². The van der Waals surface area contributed by atoms with Gasteiger partial charge in [0.25, 0.3) is 0 Å². The van der Waals surface area contributed by atoms with Crippen molar-refractivity contribution < 1.29 is 14.3 Å². The summed E-state index contributed by atoms with van der Waals surface area (Å²) in [5.41, 5.74) is 0.842. The van der Waals surface area contributed by atoms with Gasteiger partial charge in [-0.25, -0.2) is 9.18 Å². The average Bonchev–Trinajstić information content (AvgIpc) is 2.37. The SMILES string of the molecule is CC(Cc1cccc(F)c1)NC(=O)NC(C)C(C)CO. The molecule has 0 aromatic heterocycles. The Bertz CT molecular complexity index is 440. The monoisotopic (exact) mass is 282 g/mol. The van der Waals surface area contributed by atoms with E-state index in [1.54, 1.807) is 6.07 Å². The number of aliphatic hydroxyl groups is 1. The topological polar surface area (TPSA) is 61.4 Å². The summed E-state index contributed by atoms with van der Waals surface area (Å²) in [6.07, 6.45) is 0.565. The van der Waals surface area contributed by atoms with Crippen molar-refractivity contribution >= 4 is 6.03 Å². The van der Waals surface area contributed by atoms with Gasteiger partial charge in [0.1, 0.15) is 5.82 Å². The van der Waals surface area contributed by atoms with E-state index in [0.717, 1.165) is 5.56 Å². The lowest BCUT2D eigenvalue weighted by Gasteiger charge is -2.21. The molecule has 0 spiro atoms. The highest BCUT2D eigenvalue weighted by Gasteiger charge is 2.15. The molecule has 3 atom stereocenters. The molecule has 0 aliphatic carbocycles. The number of urea groups is 1. The second-order valence-electron chi connectivity index (χ2n) is 5.30. The van der Waals surface area contributed by atoms with E-state index < -0.39 is 0 Å². The second-order valence-corrected chi connectivity index (χ2v) is 5.30. The molecular formula is C15H23FN2O2. The Morgan fingerprint density at radius 3 is 2.60 bits per heavy atom. The van der Waals surface area contributed by atoms with Crippen LogP contribution in [-0.2, 0) is 6.42 Å². The van der Waals surface area contributed by atoms with Gasteiger partial charge in [-0.2, -0.15) is 0 Å². The van der Waals surface area contributed by atoms with Crippen molar-refractivity contribution in [1.29, 1.82) is 0 Å². The highest BCUT2D eigenvalue weighted by Crippen LogP contribution is 2.06. The number of hydrogen-bond donors (Lipinski definition) is 3. The molecule has 0 aliphatic rings. The Kier molecular flexibility index (Phi) is 6.45. The van der Waals surface area contributed by atoms with Gasteiger partial charge in [-0.05, 0) is 43.9 Å². The molecule has 0 radical (unpaired) electrons. The maximum absolute atomic E-state index is 13.1. The van der Waals surface area contributed by atoms with E-state index in [1.807, 2.05) is 26.8 Å². The predicted molar refractivity (Wildman–Crippen MR) is 76.9 cm³/mol. The highest BCUT2D eigenvalue weighted by molar-refractivity contribution is 5.74. The van der Waals surface area contributed by atoms with Crippen LogP contribution in [0.2, 0.25) is 0 Å². The van der Waals surface area contributed by atoms with Crippen molar-refractivity contribution in [1.82, 2.24) is 10.6 Å². The number of halogens is 1. The van der Waals surface area contributed by atoms with Gasteiger partial charge in [0.2, 0.25) is 0 Å². The maximum atomic E-state index is 13.1. The van der Waals surface area contributed by atoms with Crippen LogP contribution in [0.15, 0.2) is 24.3 Å². The number of carbonyl (C=O) groups excluding carboxylic acids is 1. The molecule has 0 aliphatic heterocycles. The molecule has 1 aromatic carbocycles. The van der Waals surface area contributed by atoms with Crippen LogP contribution in [0.25, 0.3) is 0 Å². The van der Waals surface area contributed by atoms with Crippen molar-refractivity contribution in [2.75, 3.05) is 6.61 Å². The van der Waals surface area contributed by atoms with E-state index in [1.165, 1.54) is 12.1 Å². The first-order valence-corrected chi connectivity index (χ1v) is 6.84. The van der Waals surface area contributed by atoms with Gasteiger partial charge in [-0.3, -0.25) is 0 Å². The van der Waals surface area contributed by atoms with E-state index in [-0.39, 0.29) is 36.5 Å². The Hall–Kier alpha value is -1.62. The zero-order valence-corrected chi connectivity index (χ0v) is 12.2. The summed E-state index contributed by atoms with van der Waals surface area (Å²) >= 11 is 0. The first kappa shape index (κ1) is 16.4. The van der Waals surface area contributed by atoms with E-state index in [0.29, 0.717) is 6.42 Å². The zero-order valence-electron chi connectivity index (χ0n) is 12.2. The van der Waals surface area contributed by atoms with Crippen molar-refractivity contribution in [2.24, 2.45) is 5.92 Å². The predicted octanol–water partition coefficient (Wildman–Crippen LogP) is 2.07. The lowest BCUT2D eigenvalue weighted by atomic mass is 10.1. The number of amides is 2. The molecule has 1 aromatic rings. The Balaban J connectivity index is 2.42. The summed E-state index contributed by atoms with van der Waals surface area (Å²) in [7, 11) is 0. The summed E-state index contributed by atoms with van der Waals surface area (Å²) < 4.78 is 13.1. The second kappa shape index (κ2) is 7.85. The fourth-order valence-corrected chi connectivity index (χ4v) is 1.84. The molecule has 3 unspecified atom stereocenters. The van der Waals surface area contributed by atoms with Gasteiger partial charge in [0.15, 0.2) is 0 Å². The molecule has 2 amide bonds. The minimum absolute atomic E-state index is 0.000671. The van der Waals surface area contributed by atoms with Crippen LogP contribution in [-0.4, -0.2) is 29.8 Å². The number of hydrogen-bond acceptors (Lipinski definition) is 2. The Morgan fingerprint density at radius 2 is 2.00 bits per heavy atom. The van der Waals surface area contributed by atoms with Crippen LogP contribution in [0.5, 0.6) is 0 Å². The average molecular weight is 282 g/mol. The van der Waals surface area contributed by atoms with Gasteiger partial charge in [0.05, 0.1) is 0 Å². The van der Waals surface area contributed by atoms with E-state index in [9.17, 15) is 9.18 Å². The third kappa shape index (κ3) is 5.57. The first-order valence-electron chi connectivity index (χ1n) is 6.84. The first-order chi connectivity index (χ1) is 9.42. The molecule has 5 heteroatoms. The number of benzene rings is 1. The summed E-state index contributed by atoms with van der Waals surface area (Å²) in [5, 5.41) is 14.6. The molecular weight excluding hydrogens is 259 g/mol. The zero-order chi connectivity index (χ0) is 15.1. The summed E-state index contributed by atoms with van der Waals surface area (Å²) in [5.74, 6) is -0.274. The van der Waals surface area contributed by atoms with Crippen molar-refractivity contribution in [2.45, 2.75) is 39.3 Å². The Morgan fingerprint density at radius 1 is 1.30 bits per heavy atom. The molecule has 0 saturated carbocycles. The van der Waals surface area contributed by atoms with Crippen LogP contribution >= 0.6 is 0 Å². The van der Waals surface area contributed by atoms with Gasteiger partial charge >= 0.3 is 6.03 Å². The van der Waals surface area contributed by atoms with Crippen molar-refractivity contribution in [3.8, 4) is 0 Å². The maximum Gasteiger partial charge on any atom is 0.315 e.